The average molecular weight is 518 g/mol. The predicted molar refractivity (Wildman–Crippen MR) is 140 cm³/mol. The van der Waals surface area contributed by atoms with Crippen LogP contribution in [0.5, 0.6) is 0 Å². The average Bonchev–Trinajstić information content (AvgIpc) is 2.80. The number of benzene rings is 3. The fraction of sp³-hybridized carbons (Fsp3) is 0.296. The molecule has 2 atom stereocenters. The topological polar surface area (TPSA) is 32.8 Å². The first-order valence-corrected chi connectivity index (χ1v) is 12.3. The fourth-order valence-corrected chi connectivity index (χ4v) is 5.34. The van der Waals surface area contributed by atoms with Gasteiger partial charge in [0.1, 0.15) is 0 Å². The number of hydrogen-bond acceptors (Lipinski definition) is 3. The molecule has 4 nitrogen and oxygen atoms in total. The van der Waals surface area contributed by atoms with Crippen LogP contribution in [0.15, 0.2) is 66.7 Å². The summed E-state index contributed by atoms with van der Waals surface area (Å²) in [5, 5.41) is 1.97. The predicted octanol–water partition coefficient (Wildman–Crippen LogP) is 6.60. The van der Waals surface area contributed by atoms with Gasteiger partial charge in [-0.2, -0.15) is 0 Å². The standard InChI is InChI=1S/C27H27Cl3N2O2/c1-18-6-11-24(23(30)14-18)32-13-12-31(26(33)16-19-4-3-5-22(29)15-19)25(17-34-2)27(32)20-7-9-21(28)10-8-20/h3-11,14-15,25,27H,12-13,16-17H2,1-2H3/t25-,27-/m0/s1. The van der Waals surface area contributed by atoms with Gasteiger partial charge in [0.25, 0.3) is 0 Å². The third-order valence-electron chi connectivity index (χ3n) is 6.21. The van der Waals surface area contributed by atoms with E-state index in [1.54, 1.807) is 7.11 Å². The van der Waals surface area contributed by atoms with Crippen LogP contribution in [-0.2, 0) is 16.0 Å². The number of rotatable bonds is 6. The normalized spacial score (nSPS) is 18.3. The number of ether oxygens (including phenoxy) is 1. The summed E-state index contributed by atoms with van der Waals surface area (Å²) in [5.74, 6) is 0.0398. The first kappa shape index (κ1) is 24.9. The molecule has 3 aromatic rings. The molecular weight excluding hydrogens is 491 g/mol. The first-order chi connectivity index (χ1) is 16.4. The molecule has 0 aliphatic carbocycles. The van der Waals surface area contributed by atoms with Gasteiger partial charge in [0.05, 0.1) is 35.8 Å². The van der Waals surface area contributed by atoms with Gasteiger partial charge in [-0.15, -0.1) is 0 Å². The maximum Gasteiger partial charge on any atom is 0.227 e. The quantitative estimate of drug-likeness (QED) is 0.369. The molecule has 3 aromatic carbocycles. The molecule has 4 rings (SSSR count). The highest BCUT2D eigenvalue weighted by molar-refractivity contribution is 6.33. The summed E-state index contributed by atoms with van der Waals surface area (Å²) in [7, 11) is 1.66. The highest BCUT2D eigenvalue weighted by Gasteiger charge is 2.40. The number of carbonyl (C=O) groups excluding carboxylic acids is 1. The lowest BCUT2D eigenvalue weighted by molar-refractivity contribution is -0.135. The molecule has 0 bridgehead atoms. The number of nitrogens with zero attached hydrogens (tertiary/aromatic N) is 2. The number of halogens is 3. The zero-order chi connectivity index (χ0) is 24.2. The van der Waals surface area contributed by atoms with Gasteiger partial charge in [0.2, 0.25) is 5.91 Å². The van der Waals surface area contributed by atoms with Gasteiger partial charge >= 0.3 is 0 Å². The molecule has 7 heteroatoms. The summed E-state index contributed by atoms with van der Waals surface area (Å²) in [6, 6.07) is 20.9. The molecule has 1 aliphatic rings. The molecule has 1 fully saturated rings. The van der Waals surface area contributed by atoms with Crippen molar-refractivity contribution in [3.63, 3.8) is 0 Å². The van der Waals surface area contributed by atoms with Crippen molar-refractivity contribution < 1.29 is 9.53 Å². The monoisotopic (exact) mass is 516 g/mol. The smallest absolute Gasteiger partial charge is 0.227 e. The number of methoxy groups -OCH3 is 1. The Kier molecular flexibility index (Phi) is 8.05. The molecule has 0 N–H and O–H groups in total. The Hall–Kier alpha value is -2.24. The minimum Gasteiger partial charge on any atom is -0.382 e. The van der Waals surface area contributed by atoms with E-state index < -0.39 is 0 Å². The van der Waals surface area contributed by atoms with Crippen LogP contribution in [-0.4, -0.2) is 43.7 Å². The minimum atomic E-state index is -0.219. The summed E-state index contributed by atoms with van der Waals surface area (Å²) in [4.78, 5) is 17.7. The Balaban J connectivity index is 1.72. The van der Waals surface area contributed by atoms with Crippen LogP contribution in [0.1, 0.15) is 22.7 Å². The molecule has 0 radical (unpaired) electrons. The van der Waals surface area contributed by atoms with Gasteiger partial charge in [-0.1, -0.05) is 65.1 Å². The van der Waals surface area contributed by atoms with Crippen LogP contribution < -0.4 is 4.90 Å². The van der Waals surface area contributed by atoms with Crippen LogP contribution in [0.3, 0.4) is 0 Å². The van der Waals surface area contributed by atoms with E-state index in [-0.39, 0.29) is 24.4 Å². The third kappa shape index (κ3) is 5.52. The number of amides is 1. The van der Waals surface area contributed by atoms with E-state index in [0.717, 1.165) is 22.4 Å². The van der Waals surface area contributed by atoms with E-state index in [4.69, 9.17) is 39.5 Å². The van der Waals surface area contributed by atoms with Crippen LogP contribution in [0.25, 0.3) is 0 Å². The van der Waals surface area contributed by atoms with Crippen molar-refractivity contribution in [2.75, 3.05) is 31.7 Å². The Morgan fingerprint density at radius 2 is 1.74 bits per heavy atom. The minimum absolute atomic E-state index is 0.0398. The second-order valence-corrected chi connectivity index (χ2v) is 9.84. The van der Waals surface area contributed by atoms with Crippen molar-refractivity contribution >= 4 is 46.4 Å². The SMILES string of the molecule is COC[C@H]1[C@H](c2ccc(Cl)cc2)N(c2ccc(C)cc2Cl)CCN1C(=O)Cc1cccc(Cl)c1. The molecule has 34 heavy (non-hydrogen) atoms. The summed E-state index contributed by atoms with van der Waals surface area (Å²) >= 11 is 19.0. The first-order valence-electron chi connectivity index (χ1n) is 11.2. The molecule has 1 heterocycles. The second-order valence-electron chi connectivity index (χ2n) is 8.56. The second kappa shape index (κ2) is 11.0. The van der Waals surface area contributed by atoms with Crippen molar-refractivity contribution in [1.82, 2.24) is 4.90 Å². The fourth-order valence-electron chi connectivity index (χ4n) is 4.66. The van der Waals surface area contributed by atoms with E-state index >= 15 is 0 Å². The lowest BCUT2D eigenvalue weighted by atomic mass is 9.92. The lowest BCUT2D eigenvalue weighted by Crippen LogP contribution is -2.59. The van der Waals surface area contributed by atoms with Crippen LogP contribution >= 0.6 is 34.8 Å². The molecule has 0 spiro atoms. The van der Waals surface area contributed by atoms with E-state index in [0.29, 0.717) is 34.8 Å². The maximum absolute atomic E-state index is 13.5. The Morgan fingerprint density at radius 1 is 0.971 bits per heavy atom. The van der Waals surface area contributed by atoms with Gasteiger partial charge in [-0.25, -0.2) is 0 Å². The van der Waals surface area contributed by atoms with E-state index in [1.807, 2.05) is 72.5 Å². The van der Waals surface area contributed by atoms with Crippen LogP contribution in [0.4, 0.5) is 5.69 Å². The molecule has 0 aromatic heterocycles. The molecule has 1 amide bonds. The van der Waals surface area contributed by atoms with Crippen molar-refractivity contribution in [1.29, 1.82) is 0 Å². The molecule has 178 valence electrons. The molecule has 0 saturated carbocycles. The molecule has 1 aliphatic heterocycles. The third-order valence-corrected chi connectivity index (χ3v) is 7.00. The molecule has 0 unspecified atom stereocenters. The number of carbonyl (C=O) groups is 1. The summed E-state index contributed by atoms with van der Waals surface area (Å²) in [6.07, 6.45) is 0.277. The van der Waals surface area contributed by atoms with Crippen molar-refractivity contribution in [3.8, 4) is 0 Å². The van der Waals surface area contributed by atoms with E-state index in [1.165, 1.54) is 0 Å². The van der Waals surface area contributed by atoms with Crippen molar-refractivity contribution in [2.24, 2.45) is 0 Å². The number of anilines is 1. The van der Waals surface area contributed by atoms with Crippen LogP contribution in [0.2, 0.25) is 15.1 Å². The van der Waals surface area contributed by atoms with Gasteiger partial charge in [-0.3, -0.25) is 4.79 Å². The lowest BCUT2D eigenvalue weighted by Gasteiger charge is -2.49. The molecule has 1 saturated heterocycles. The Labute approximate surface area is 216 Å². The summed E-state index contributed by atoms with van der Waals surface area (Å²) in [5.41, 5.74) is 3.97. The van der Waals surface area contributed by atoms with Gasteiger partial charge in [0.15, 0.2) is 0 Å². The molecular formula is C27H27Cl3N2O2. The van der Waals surface area contributed by atoms with E-state index in [2.05, 4.69) is 11.0 Å². The van der Waals surface area contributed by atoms with Crippen LogP contribution in [0, 0.1) is 6.92 Å². The highest BCUT2D eigenvalue weighted by atomic mass is 35.5. The zero-order valence-corrected chi connectivity index (χ0v) is 21.4. The zero-order valence-electron chi connectivity index (χ0n) is 19.2. The highest BCUT2D eigenvalue weighted by Crippen LogP contribution is 2.39. The van der Waals surface area contributed by atoms with Gasteiger partial charge in [0, 0.05) is 30.2 Å². The largest absolute Gasteiger partial charge is 0.382 e. The van der Waals surface area contributed by atoms with Crippen molar-refractivity contribution in [2.45, 2.75) is 25.4 Å². The van der Waals surface area contributed by atoms with Gasteiger partial charge < -0.3 is 14.5 Å². The van der Waals surface area contributed by atoms with Crippen molar-refractivity contribution in [3.05, 3.63) is 98.5 Å². The number of aryl methyl sites for hydroxylation is 1. The Morgan fingerprint density at radius 3 is 2.41 bits per heavy atom. The van der Waals surface area contributed by atoms with E-state index in [9.17, 15) is 4.79 Å². The number of piperazine rings is 1. The maximum atomic E-state index is 13.5. The Bertz CT molecular complexity index is 1150. The summed E-state index contributed by atoms with van der Waals surface area (Å²) in [6.45, 7) is 3.60. The summed E-state index contributed by atoms with van der Waals surface area (Å²) < 4.78 is 5.64. The number of hydrogen-bond donors (Lipinski definition) is 0. The van der Waals surface area contributed by atoms with Gasteiger partial charge in [-0.05, 0) is 60.0 Å².